The number of rotatable bonds is 3. The molecule has 1 aromatic heterocycles. The van der Waals surface area contributed by atoms with Crippen LogP contribution in [0.2, 0.25) is 0 Å². The molecule has 0 aliphatic rings. The molecule has 0 radical (unpaired) electrons. The van der Waals surface area contributed by atoms with Gasteiger partial charge in [-0.3, -0.25) is 4.72 Å². The largest absolute Gasteiger partial charge is 0.280 e. The van der Waals surface area contributed by atoms with Gasteiger partial charge in [0, 0.05) is 5.69 Å². The molecular formula is C16H17N3O3S. The SMILES string of the molecule is CC(C)(C)c1ccc(NS(=O)(=O)c2cccc3nonc23)cc1. The van der Waals surface area contributed by atoms with Gasteiger partial charge in [-0.15, -0.1) is 0 Å². The van der Waals surface area contributed by atoms with Crippen LogP contribution >= 0.6 is 0 Å². The molecule has 2 aromatic carbocycles. The molecular weight excluding hydrogens is 314 g/mol. The van der Waals surface area contributed by atoms with Crippen molar-refractivity contribution in [1.82, 2.24) is 10.3 Å². The van der Waals surface area contributed by atoms with Gasteiger partial charge in [0.05, 0.1) is 0 Å². The molecule has 1 N–H and O–H groups in total. The molecule has 0 aliphatic carbocycles. The monoisotopic (exact) mass is 331 g/mol. The van der Waals surface area contributed by atoms with E-state index < -0.39 is 10.0 Å². The predicted octanol–water partition coefficient (Wildman–Crippen LogP) is 3.32. The van der Waals surface area contributed by atoms with Crippen LogP contribution in [-0.4, -0.2) is 18.7 Å². The molecule has 7 heteroatoms. The number of sulfonamides is 1. The molecule has 1 heterocycles. The number of nitrogens with zero attached hydrogens (tertiary/aromatic N) is 2. The van der Waals surface area contributed by atoms with Crippen molar-refractivity contribution in [2.75, 3.05) is 4.72 Å². The van der Waals surface area contributed by atoms with Crippen molar-refractivity contribution >= 4 is 26.7 Å². The highest BCUT2D eigenvalue weighted by Gasteiger charge is 2.21. The van der Waals surface area contributed by atoms with E-state index in [0.717, 1.165) is 5.56 Å². The fraction of sp³-hybridized carbons (Fsp3) is 0.250. The zero-order chi connectivity index (χ0) is 16.7. The van der Waals surface area contributed by atoms with Crippen molar-refractivity contribution in [1.29, 1.82) is 0 Å². The van der Waals surface area contributed by atoms with Gasteiger partial charge in [0.15, 0.2) is 5.52 Å². The van der Waals surface area contributed by atoms with E-state index >= 15 is 0 Å². The third-order valence-corrected chi connectivity index (χ3v) is 4.95. The summed E-state index contributed by atoms with van der Waals surface area (Å²) in [6.45, 7) is 6.30. The van der Waals surface area contributed by atoms with Crippen LogP contribution in [0.5, 0.6) is 0 Å². The Labute approximate surface area is 134 Å². The normalized spacial score (nSPS) is 12.5. The Balaban J connectivity index is 1.94. The molecule has 23 heavy (non-hydrogen) atoms. The molecule has 120 valence electrons. The molecule has 0 aliphatic heterocycles. The van der Waals surface area contributed by atoms with Crippen LogP contribution in [0.25, 0.3) is 11.0 Å². The Bertz CT molecular complexity index is 939. The van der Waals surface area contributed by atoms with Crippen molar-refractivity contribution < 1.29 is 13.0 Å². The fourth-order valence-electron chi connectivity index (χ4n) is 2.25. The van der Waals surface area contributed by atoms with Gasteiger partial charge in [0.2, 0.25) is 0 Å². The predicted molar refractivity (Wildman–Crippen MR) is 87.8 cm³/mol. The summed E-state index contributed by atoms with van der Waals surface area (Å²) in [5.74, 6) is 0. The summed E-state index contributed by atoms with van der Waals surface area (Å²) in [6.07, 6.45) is 0. The summed E-state index contributed by atoms with van der Waals surface area (Å²) < 4.78 is 32.3. The van der Waals surface area contributed by atoms with E-state index in [0.29, 0.717) is 11.2 Å². The molecule has 0 atom stereocenters. The quantitative estimate of drug-likeness (QED) is 0.796. The summed E-state index contributed by atoms with van der Waals surface area (Å²) in [7, 11) is -3.77. The molecule has 3 aromatic rings. The Morgan fingerprint density at radius 3 is 2.35 bits per heavy atom. The van der Waals surface area contributed by atoms with Crippen molar-refractivity contribution in [2.45, 2.75) is 31.1 Å². The van der Waals surface area contributed by atoms with E-state index in [1.807, 2.05) is 12.1 Å². The lowest BCUT2D eigenvalue weighted by Gasteiger charge is -2.19. The maximum atomic E-state index is 12.6. The van der Waals surface area contributed by atoms with E-state index in [2.05, 4.69) is 40.4 Å². The topological polar surface area (TPSA) is 85.1 Å². The minimum absolute atomic E-state index is 0.00931. The van der Waals surface area contributed by atoms with E-state index in [4.69, 9.17) is 0 Å². The van der Waals surface area contributed by atoms with Crippen molar-refractivity contribution in [3.8, 4) is 0 Å². The molecule has 0 unspecified atom stereocenters. The minimum atomic E-state index is -3.77. The van der Waals surface area contributed by atoms with E-state index in [1.165, 1.54) is 6.07 Å². The lowest BCUT2D eigenvalue weighted by molar-refractivity contribution is 0.315. The van der Waals surface area contributed by atoms with Crippen LogP contribution in [0, 0.1) is 0 Å². The second-order valence-corrected chi connectivity index (χ2v) is 7.97. The molecule has 0 spiro atoms. The molecule has 3 rings (SSSR count). The van der Waals surface area contributed by atoms with Gasteiger partial charge in [-0.05, 0) is 45.6 Å². The van der Waals surface area contributed by atoms with Gasteiger partial charge < -0.3 is 0 Å². The standard InChI is InChI=1S/C16H17N3O3S/c1-16(2,3)11-7-9-12(10-8-11)19-23(20,21)14-6-4-5-13-15(14)18-22-17-13/h4-10,19H,1-3H3. The van der Waals surface area contributed by atoms with Crippen LogP contribution in [0.4, 0.5) is 5.69 Å². The number of hydrogen-bond acceptors (Lipinski definition) is 5. The van der Waals surface area contributed by atoms with E-state index in [-0.39, 0.29) is 15.8 Å². The zero-order valence-electron chi connectivity index (χ0n) is 13.1. The first kappa shape index (κ1) is 15.5. The van der Waals surface area contributed by atoms with Crippen molar-refractivity contribution in [2.24, 2.45) is 0 Å². The number of aromatic nitrogens is 2. The van der Waals surface area contributed by atoms with Crippen molar-refractivity contribution in [3.63, 3.8) is 0 Å². The van der Waals surface area contributed by atoms with Gasteiger partial charge in [0.25, 0.3) is 10.0 Å². The maximum absolute atomic E-state index is 12.6. The fourth-order valence-corrected chi connectivity index (χ4v) is 3.46. The summed E-state index contributed by atoms with van der Waals surface area (Å²) in [4.78, 5) is 0.0381. The van der Waals surface area contributed by atoms with Crippen LogP contribution in [0.3, 0.4) is 0 Å². The summed E-state index contributed by atoms with van der Waals surface area (Å²) in [6, 6.07) is 12.0. The van der Waals surface area contributed by atoms with Gasteiger partial charge in [0.1, 0.15) is 10.4 Å². The second-order valence-electron chi connectivity index (χ2n) is 6.32. The summed E-state index contributed by atoms with van der Waals surface area (Å²) in [5, 5.41) is 7.33. The molecule has 0 amide bonds. The van der Waals surface area contributed by atoms with Crippen LogP contribution < -0.4 is 4.72 Å². The average Bonchev–Trinajstić information content (AvgIpc) is 2.94. The summed E-state index contributed by atoms with van der Waals surface area (Å²) >= 11 is 0. The van der Waals surface area contributed by atoms with Crippen LogP contribution in [-0.2, 0) is 15.4 Å². The number of anilines is 1. The zero-order valence-corrected chi connectivity index (χ0v) is 13.9. The molecule has 0 saturated carbocycles. The van der Waals surface area contributed by atoms with Gasteiger partial charge >= 0.3 is 0 Å². The first-order valence-electron chi connectivity index (χ1n) is 7.12. The first-order valence-corrected chi connectivity index (χ1v) is 8.60. The Hall–Kier alpha value is -2.41. The lowest BCUT2D eigenvalue weighted by Crippen LogP contribution is -2.14. The molecule has 6 nitrogen and oxygen atoms in total. The van der Waals surface area contributed by atoms with E-state index in [9.17, 15) is 8.42 Å². The third-order valence-electron chi connectivity index (χ3n) is 3.54. The number of benzene rings is 2. The lowest BCUT2D eigenvalue weighted by atomic mass is 9.87. The number of nitrogens with one attached hydrogen (secondary N) is 1. The van der Waals surface area contributed by atoms with Gasteiger partial charge in [-0.1, -0.05) is 39.0 Å². The smallest absolute Gasteiger partial charge is 0.264 e. The average molecular weight is 331 g/mol. The molecule has 0 bridgehead atoms. The molecule has 0 saturated heterocycles. The van der Waals surface area contributed by atoms with Crippen LogP contribution in [0.1, 0.15) is 26.3 Å². The Morgan fingerprint density at radius 1 is 1.00 bits per heavy atom. The van der Waals surface area contributed by atoms with Crippen molar-refractivity contribution in [3.05, 3.63) is 48.0 Å². The van der Waals surface area contributed by atoms with Gasteiger partial charge in [-0.2, -0.15) is 0 Å². The highest BCUT2D eigenvalue weighted by atomic mass is 32.2. The maximum Gasteiger partial charge on any atom is 0.264 e. The van der Waals surface area contributed by atoms with E-state index in [1.54, 1.807) is 24.3 Å². The van der Waals surface area contributed by atoms with Gasteiger partial charge in [-0.25, -0.2) is 13.0 Å². The molecule has 0 fully saturated rings. The number of hydrogen-bond donors (Lipinski definition) is 1. The highest BCUT2D eigenvalue weighted by Crippen LogP contribution is 2.26. The first-order chi connectivity index (χ1) is 10.8. The Morgan fingerprint density at radius 2 is 1.70 bits per heavy atom. The summed E-state index contributed by atoms with van der Waals surface area (Å²) in [5.41, 5.74) is 2.24. The second kappa shape index (κ2) is 5.34. The minimum Gasteiger partial charge on any atom is -0.280 e. The highest BCUT2D eigenvalue weighted by molar-refractivity contribution is 7.93. The number of fused-ring (bicyclic) bond motifs is 1. The third kappa shape index (κ3) is 3.05. The van der Waals surface area contributed by atoms with Crippen LogP contribution in [0.15, 0.2) is 52.0 Å². The Kier molecular flexibility index (Phi) is 3.60.